The number of carbonyl (C=O) groups excluding carboxylic acids is 1. The summed E-state index contributed by atoms with van der Waals surface area (Å²) in [5.41, 5.74) is -3.98. The van der Waals surface area contributed by atoms with E-state index in [1.807, 2.05) is 33.9 Å². The van der Waals surface area contributed by atoms with Crippen molar-refractivity contribution in [1.29, 1.82) is 0 Å². The van der Waals surface area contributed by atoms with Crippen LogP contribution in [0.25, 0.3) is 11.3 Å². The van der Waals surface area contributed by atoms with Crippen LogP contribution in [0.4, 0.5) is 26.3 Å². The van der Waals surface area contributed by atoms with Crippen LogP contribution in [0.5, 0.6) is 0 Å². The fraction of sp³-hybridized carbons (Fsp3) is 0.357. The van der Waals surface area contributed by atoms with Gasteiger partial charge in [-0.3, -0.25) is 4.79 Å². The normalized spacial score (nSPS) is 13.0. The minimum Gasteiger partial charge on any atom is -0.409 e. The topological polar surface area (TPSA) is 83.0 Å². The highest BCUT2D eigenvalue weighted by molar-refractivity contribution is 6.74. The predicted octanol–water partition coefficient (Wildman–Crippen LogP) is 9.73. The van der Waals surface area contributed by atoms with Gasteiger partial charge in [0, 0.05) is 5.56 Å². The molecular formula is C28H25Cl3F6N4O3Si. The number of rotatable bonds is 8. The summed E-state index contributed by atoms with van der Waals surface area (Å²) in [6.45, 7) is 9.17. The van der Waals surface area contributed by atoms with Crippen molar-refractivity contribution in [2.45, 2.75) is 64.4 Å². The third-order valence-corrected chi connectivity index (χ3v) is 12.9. The fourth-order valence-electron chi connectivity index (χ4n) is 3.96. The molecule has 0 bridgehead atoms. The van der Waals surface area contributed by atoms with E-state index in [1.54, 1.807) is 6.07 Å². The Morgan fingerprint density at radius 2 is 1.51 bits per heavy atom. The Balaban J connectivity index is 1.78. The van der Waals surface area contributed by atoms with Crippen LogP contribution in [-0.4, -0.2) is 34.3 Å². The number of nitrogens with zero attached hydrogens (tertiary/aromatic N) is 4. The van der Waals surface area contributed by atoms with E-state index in [1.165, 1.54) is 12.1 Å². The molecule has 0 N–H and O–H groups in total. The highest BCUT2D eigenvalue weighted by Gasteiger charge is 2.40. The van der Waals surface area contributed by atoms with Gasteiger partial charge in [0.15, 0.2) is 24.9 Å². The summed E-state index contributed by atoms with van der Waals surface area (Å²) in [7, 11) is -2.37. The SMILES string of the molecule is CC(C)(C)[Si](C)(C)OCc1onc(-c2c(Cl)cccc2Cl)c1C(=O)c1nnn(Cc2cc(C(F)(F)F)cc(C(F)(F)F)c2)c1Cl. The molecule has 0 fully saturated rings. The third kappa shape index (κ3) is 7.40. The molecule has 2 aromatic carbocycles. The summed E-state index contributed by atoms with van der Waals surface area (Å²) in [6, 6.07) is 5.68. The maximum Gasteiger partial charge on any atom is 0.416 e. The zero-order valence-electron chi connectivity index (χ0n) is 24.3. The summed E-state index contributed by atoms with van der Waals surface area (Å²) in [4.78, 5) is 14.0. The molecule has 0 atom stereocenters. The van der Waals surface area contributed by atoms with Gasteiger partial charge in [0.1, 0.15) is 5.69 Å². The molecule has 0 spiro atoms. The zero-order valence-corrected chi connectivity index (χ0v) is 27.6. The standard InChI is InChI=1S/C28H25Cl3F6N4O3Si/c1-26(2,3)45(4,5)43-13-19-21(22(39-44-19)20-17(29)7-6-8-18(20)30)24(42)23-25(31)41(40-38-23)12-14-9-15(27(32,33)34)11-16(10-14)28(35,36)37/h6-11H,12-13H2,1-5H3. The second-order valence-electron chi connectivity index (χ2n) is 11.6. The van der Waals surface area contributed by atoms with Gasteiger partial charge in [-0.25, -0.2) is 4.68 Å². The van der Waals surface area contributed by atoms with Gasteiger partial charge in [-0.1, -0.05) is 72.0 Å². The number of alkyl halides is 6. The number of halogens is 9. The lowest BCUT2D eigenvalue weighted by Crippen LogP contribution is -2.40. The van der Waals surface area contributed by atoms with E-state index in [9.17, 15) is 31.1 Å². The maximum absolute atomic E-state index is 14.0. The van der Waals surface area contributed by atoms with Gasteiger partial charge in [0.2, 0.25) is 5.78 Å². The van der Waals surface area contributed by atoms with Gasteiger partial charge in [-0.15, -0.1) is 5.10 Å². The van der Waals surface area contributed by atoms with Crippen molar-refractivity contribution in [2.24, 2.45) is 0 Å². The number of benzene rings is 2. The first-order chi connectivity index (χ1) is 20.6. The molecule has 0 amide bonds. The Morgan fingerprint density at radius 3 is 2.02 bits per heavy atom. The average molecular weight is 714 g/mol. The quantitative estimate of drug-likeness (QED) is 0.103. The molecule has 0 unspecified atom stereocenters. The lowest BCUT2D eigenvalue weighted by atomic mass is 10.0. The molecule has 0 aliphatic heterocycles. The first-order valence-electron chi connectivity index (χ1n) is 13.1. The van der Waals surface area contributed by atoms with Crippen molar-refractivity contribution in [3.63, 3.8) is 0 Å². The van der Waals surface area contributed by atoms with Crippen LogP contribution in [0.1, 0.15) is 59.3 Å². The summed E-state index contributed by atoms with van der Waals surface area (Å²) in [5, 5.41) is 11.2. The van der Waals surface area contributed by atoms with Crippen molar-refractivity contribution in [3.05, 3.63) is 85.3 Å². The molecule has 2 heterocycles. The van der Waals surface area contributed by atoms with Gasteiger partial charge < -0.3 is 8.95 Å². The van der Waals surface area contributed by atoms with Gasteiger partial charge in [-0.05, 0) is 54.0 Å². The molecule has 0 radical (unpaired) electrons. The number of hydrogen-bond acceptors (Lipinski definition) is 6. The first-order valence-corrected chi connectivity index (χ1v) is 17.1. The molecule has 242 valence electrons. The summed E-state index contributed by atoms with van der Waals surface area (Å²) in [5.74, 6) is -0.874. The van der Waals surface area contributed by atoms with Crippen LogP contribution < -0.4 is 0 Å². The minimum atomic E-state index is -5.06. The Bertz CT molecular complexity index is 1690. The van der Waals surface area contributed by atoms with Crippen LogP contribution in [0, 0.1) is 0 Å². The molecule has 0 saturated heterocycles. The minimum absolute atomic E-state index is 0.00206. The molecule has 0 saturated carbocycles. The van der Waals surface area contributed by atoms with Crippen LogP contribution in [0.3, 0.4) is 0 Å². The van der Waals surface area contributed by atoms with Crippen molar-refractivity contribution >= 4 is 48.9 Å². The monoisotopic (exact) mass is 712 g/mol. The molecule has 4 rings (SSSR count). The van der Waals surface area contributed by atoms with E-state index < -0.39 is 60.5 Å². The predicted molar refractivity (Wildman–Crippen MR) is 158 cm³/mol. The molecule has 45 heavy (non-hydrogen) atoms. The van der Waals surface area contributed by atoms with E-state index >= 15 is 0 Å². The number of aromatic nitrogens is 4. The fourth-order valence-corrected chi connectivity index (χ4v) is 5.68. The molecule has 0 aliphatic rings. The van der Waals surface area contributed by atoms with E-state index in [0.717, 1.165) is 4.68 Å². The second-order valence-corrected chi connectivity index (χ2v) is 17.6. The van der Waals surface area contributed by atoms with E-state index in [2.05, 4.69) is 15.5 Å². The largest absolute Gasteiger partial charge is 0.416 e. The van der Waals surface area contributed by atoms with Crippen LogP contribution >= 0.6 is 34.8 Å². The van der Waals surface area contributed by atoms with Crippen LogP contribution in [-0.2, 0) is 29.9 Å². The zero-order chi connectivity index (χ0) is 33.7. The Morgan fingerprint density at radius 1 is 0.956 bits per heavy atom. The first kappa shape index (κ1) is 35.0. The van der Waals surface area contributed by atoms with Crippen LogP contribution in [0.2, 0.25) is 33.3 Å². The van der Waals surface area contributed by atoms with Gasteiger partial charge in [0.05, 0.1) is 39.9 Å². The Labute approximate surface area is 269 Å². The van der Waals surface area contributed by atoms with Crippen molar-refractivity contribution in [3.8, 4) is 11.3 Å². The van der Waals surface area contributed by atoms with Gasteiger partial charge in [0.25, 0.3) is 0 Å². The average Bonchev–Trinajstić information content (AvgIpc) is 3.48. The van der Waals surface area contributed by atoms with E-state index in [-0.39, 0.29) is 50.3 Å². The molecule has 7 nitrogen and oxygen atoms in total. The second kappa shape index (κ2) is 12.4. The number of ketones is 1. The summed E-state index contributed by atoms with van der Waals surface area (Å²) < 4.78 is 92.9. The smallest absolute Gasteiger partial charge is 0.409 e. The molecule has 17 heteroatoms. The van der Waals surface area contributed by atoms with Crippen molar-refractivity contribution in [1.82, 2.24) is 20.2 Å². The van der Waals surface area contributed by atoms with Crippen LogP contribution in [0.15, 0.2) is 40.9 Å². The van der Waals surface area contributed by atoms with E-state index in [0.29, 0.717) is 12.1 Å². The molecular weight excluding hydrogens is 689 g/mol. The summed E-state index contributed by atoms with van der Waals surface area (Å²) >= 11 is 19.2. The highest BCUT2D eigenvalue weighted by Crippen LogP contribution is 2.41. The number of hydrogen-bond donors (Lipinski definition) is 0. The van der Waals surface area contributed by atoms with Crippen molar-refractivity contribution in [2.75, 3.05) is 0 Å². The Kier molecular flexibility index (Phi) is 9.60. The van der Waals surface area contributed by atoms with E-state index in [4.69, 9.17) is 43.8 Å². The Hall–Kier alpha value is -2.91. The lowest BCUT2D eigenvalue weighted by molar-refractivity contribution is -0.143. The molecule has 4 aromatic rings. The third-order valence-electron chi connectivity index (χ3n) is 7.43. The molecule has 2 aromatic heterocycles. The summed E-state index contributed by atoms with van der Waals surface area (Å²) in [6.07, 6.45) is -10.1. The maximum atomic E-state index is 14.0. The number of carbonyl (C=O) groups is 1. The lowest BCUT2D eigenvalue weighted by Gasteiger charge is -2.35. The van der Waals surface area contributed by atoms with Crippen molar-refractivity contribution < 1.29 is 40.1 Å². The van der Waals surface area contributed by atoms with Gasteiger partial charge in [-0.2, -0.15) is 26.3 Å². The molecule has 0 aliphatic carbocycles. The highest BCUT2D eigenvalue weighted by atomic mass is 35.5. The van der Waals surface area contributed by atoms with Gasteiger partial charge >= 0.3 is 12.4 Å².